The predicted octanol–water partition coefficient (Wildman–Crippen LogP) is 6.35. The van der Waals surface area contributed by atoms with Gasteiger partial charge in [-0.3, -0.25) is 0 Å². The van der Waals surface area contributed by atoms with Gasteiger partial charge in [-0.15, -0.1) is 0 Å². The predicted molar refractivity (Wildman–Crippen MR) is 115 cm³/mol. The molecule has 4 nitrogen and oxygen atoms in total. The van der Waals surface area contributed by atoms with Crippen molar-refractivity contribution in [3.63, 3.8) is 0 Å². The van der Waals surface area contributed by atoms with Crippen molar-refractivity contribution in [3.05, 3.63) is 92.8 Å². The summed E-state index contributed by atoms with van der Waals surface area (Å²) in [5.41, 5.74) is 2.10. The monoisotopic (exact) mass is 426 g/mol. The number of rotatable bonds is 5. The number of halogens is 2. The summed E-state index contributed by atoms with van der Waals surface area (Å²) < 4.78 is 16.5. The van der Waals surface area contributed by atoms with E-state index in [9.17, 15) is 4.79 Å². The van der Waals surface area contributed by atoms with E-state index in [4.69, 9.17) is 37.1 Å². The van der Waals surface area contributed by atoms with Gasteiger partial charge >= 0.3 is 5.63 Å². The highest BCUT2D eigenvalue weighted by atomic mass is 35.5. The molecule has 4 rings (SSSR count). The summed E-state index contributed by atoms with van der Waals surface area (Å²) in [7, 11) is 1.60. The zero-order valence-corrected chi connectivity index (χ0v) is 17.0. The molecule has 0 fully saturated rings. The van der Waals surface area contributed by atoms with Gasteiger partial charge in [-0.1, -0.05) is 41.4 Å². The second-order valence-electron chi connectivity index (χ2n) is 6.40. The van der Waals surface area contributed by atoms with Crippen molar-refractivity contribution in [2.45, 2.75) is 6.61 Å². The van der Waals surface area contributed by atoms with Gasteiger partial charge in [0.25, 0.3) is 0 Å². The first-order valence-electron chi connectivity index (χ1n) is 8.82. The van der Waals surface area contributed by atoms with E-state index >= 15 is 0 Å². The Morgan fingerprint density at radius 3 is 2.38 bits per heavy atom. The molecule has 1 aromatic heterocycles. The third-order valence-electron chi connectivity index (χ3n) is 4.52. The maximum atomic E-state index is 12.5. The van der Waals surface area contributed by atoms with E-state index in [2.05, 4.69) is 0 Å². The molecule has 0 N–H and O–H groups in total. The second-order valence-corrected chi connectivity index (χ2v) is 7.24. The highest BCUT2D eigenvalue weighted by molar-refractivity contribution is 6.35. The van der Waals surface area contributed by atoms with Crippen LogP contribution in [0.25, 0.3) is 22.1 Å². The van der Waals surface area contributed by atoms with Gasteiger partial charge in [0.15, 0.2) is 0 Å². The Morgan fingerprint density at radius 2 is 1.66 bits per heavy atom. The van der Waals surface area contributed by atoms with Crippen molar-refractivity contribution in [2.75, 3.05) is 7.11 Å². The summed E-state index contributed by atoms with van der Waals surface area (Å²) in [5, 5.41) is 1.90. The Hall–Kier alpha value is -2.95. The Kier molecular flexibility index (Phi) is 5.47. The van der Waals surface area contributed by atoms with Crippen LogP contribution in [-0.4, -0.2) is 7.11 Å². The summed E-state index contributed by atoms with van der Waals surface area (Å²) >= 11 is 12.1. The molecule has 4 aromatic rings. The Bertz CT molecular complexity index is 1230. The normalized spacial score (nSPS) is 10.9. The van der Waals surface area contributed by atoms with E-state index in [-0.39, 0.29) is 6.61 Å². The number of benzene rings is 3. The number of methoxy groups -OCH3 is 1. The van der Waals surface area contributed by atoms with Crippen LogP contribution in [0.2, 0.25) is 10.0 Å². The molecule has 3 aromatic carbocycles. The second kappa shape index (κ2) is 8.19. The molecule has 6 heteroatoms. The van der Waals surface area contributed by atoms with Crippen LogP contribution >= 0.6 is 23.2 Å². The molecule has 29 heavy (non-hydrogen) atoms. The Labute approximate surface area is 177 Å². The van der Waals surface area contributed by atoms with E-state index in [1.807, 2.05) is 36.4 Å². The van der Waals surface area contributed by atoms with Gasteiger partial charge in [0.05, 0.1) is 12.7 Å². The smallest absolute Gasteiger partial charge is 0.344 e. The third kappa shape index (κ3) is 4.24. The van der Waals surface area contributed by atoms with E-state index in [0.29, 0.717) is 26.9 Å². The van der Waals surface area contributed by atoms with Crippen LogP contribution < -0.4 is 15.1 Å². The van der Waals surface area contributed by atoms with Gasteiger partial charge in [-0.2, -0.15) is 0 Å². The maximum Gasteiger partial charge on any atom is 0.344 e. The van der Waals surface area contributed by atoms with Gasteiger partial charge in [-0.25, -0.2) is 4.79 Å². The lowest BCUT2D eigenvalue weighted by atomic mass is 10.1. The number of ether oxygens (including phenoxy) is 2. The molecule has 0 saturated heterocycles. The Morgan fingerprint density at radius 1 is 0.897 bits per heavy atom. The lowest BCUT2D eigenvalue weighted by Gasteiger charge is -2.09. The van der Waals surface area contributed by atoms with E-state index < -0.39 is 5.63 Å². The van der Waals surface area contributed by atoms with Crippen LogP contribution in [0.3, 0.4) is 0 Å². The Balaban J connectivity index is 1.60. The molecule has 0 aliphatic carbocycles. The van der Waals surface area contributed by atoms with Crippen LogP contribution in [0.15, 0.2) is 75.9 Å². The minimum absolute atomic E-state index is 0.273. The molecule has 0 atom stereocenters. The molecule has 0 amide bonds. The molecule has 0 radical (unpaired) electrons. The van der Waals surface area contributed by atoms with Crippen molar-refractivity contribution in [1.82, 2.24) is 0 Å². The molecule has 146 valence electrons. The zero-order chi connectivity index (χ0) is 20.4. The van der Waals surface area contributed by atoms with Crippen molar-refractivity contribution in [1.29, 1.82) is 0 Å². The van der Waals surface area contributed by atoms with E-state index in [0.717, 1.165) is 22.3 Å². The van der Waals surface area contributed by atoms with Gasteiger partial charge in [0.2, 0.25) is 0 Å². The minimum atomic E-state index is -0.416. The fourth-order valence-electron chi connectivity index (χ4n) is 2.95. The zero-order valence-electron chi connectivity index (χ0n) is 15.4. The highest BCUT2D eigenvalue weighted by Gasteiger charge is 2.10. The molecule has 0 unspecified atom stereocenters. The molecule has 0 spiro atoms. The third-order valence-corrected chi connectivity index (χ3v) is 5.10. The lowest BCUT2D eigenvalue weighted by Crippen LogP contribution is -2.03. The van der Waals surface area contributed by atoms with Crippen LogP contribution in [-0.2, 0) is 6.61 Å². The summed E-state index contributed by atoms with van der Waals surface area (Å²) in [6.45, 7) is 0.273. The minimum Gasteiger partial charge on any atom is -0.497 e. The van der Waals surface area contributed by atoms with Gasteiger partial charge in [0.1, 0.15) is 23.7 Å². The largest absolute Gasteiger partial charge is 0.497 e. The number of hydrogen-bond donors (Lipinski definition) is 0. The summed E-state index contributed by atoms with van der Waals surface area (Å²) in [4.78, 5) is 12.5. The number of fused-ring (bicyclic) bond motifs is 1. The SMILES string of the molecule is COc1ccc(-c2cc3ccc(OCc4ccc(Cl)cc4Cl)cc3oc2=O)cc1. The standard InChI is InChI=1S/C23H16Cl2O4/c1-27-18-7-3-14(4-8-18)20-10-15-5-9-19(12-22(15)29-23(20)26)28-13-16-2-6-17(24)11-21(16)25/h2-12H,13H2,1H3. The van der Waals surface area contributed by atoms with Crippen LogP contribution in [0.5, 0.6) is 11.5 Å². The van der Waals surface area contributed by atoms with Gasteiger partial charge in [-0.05, 0) is 48.0 Å². The van der Waals surface area contributed by atoms with E-state index in [1.54, 1.807) is 37.4 Å². The molecule has 1 heterocycles. The van der Waals surface area contributed by atoms with E-state index in [1.165, 1.54) is 0 Å². The molecule has 0 aliphatic heterocycles. The maximum absolute atomic E-state index is 12.5. The lowest BCUT2D eigenvalue weighted by molar-refractivity contribution is 0.306. The quantitative estimate of drug-likeness (QED) is 0.348. The first kappa shape index (κ1) is 19.4. The van der Waals surface area contributed by atoms with Gasteiger partial charge < -0.3 is 13.9 Å². The number of hydrogen-bond acceptors (Lipinski definition) is 4. The highest BCUT2D eigenvalue weighted by Crippen LogP contribution is 2.27. The molecular weight excluding hydrogens is 411 g/mol. The molecule has 0 saturated carbocycles. The van der Waals surface area contributed by atoms with Crippen molar-refractivity contribution in [3.8, 4) is 22.6 Å². The van der Waals surface area contributed by atoms with Crippen molar-refractivity contribution >= 4 is 34.2 Å². The van der Waals surface area contributed by atoms with Crippen LogP contribution in [0.4, 0.5) is 0 Å². The topological polar surface area (TPSA) is 48.7 Å². The van der Waals surface area contributed by atoms with Gasteiger partial charge in [0, 0.05) is 27.1 Å². The first-order chi connectivity index (χ1) is 14.0. The van der Waals surface area contributed by atoms with Crippen LogP contribution in [0.1, 0.15) is 5.56 Å². The summed E-state index contributed by atoms with van der Waals surface area (Å²) in [5.74, 6) is 1.30. The molecule has 0 aliphatic rings. The summed E-state index contributed by atoms with van der Waals surface area (Å²) in [6, 6.07) is 19.7. The molecular formula is C23H16Cl2O4. The van der Waals surface area contributed by atoms with Crippen molar-refractivity contribution < 1.29 is 13.9 Å². The van der Waals surface area contributed by atoms with Crippen molar-refractivity contribution in [2.24, 2.45) is 0 Å². The average Bonchev–Trinajstić information content (AvgIpc) is 2.72. The first-order valence-corrected chi connectivity index (χ1v) is 9.58. The fraction of sp³-hybridized carbons (Fsp3) is 0.0870. The summed E-state index contributed by atoms with van der Waals surface area (Å²) in [6.07, 6.45) is 0. The molecule has 0 bridgehead atoms. The van der Waals surface area contributed by atoms with Crippen LogP contribution in [0, 0.1) is 0 Å². The average molecular weight is 427 g/mol. The fourth-order valence-corrected chi connectivity index (χ4v) is 3.42.